The van der Waals surface area contributed by atoms with Crippen LogP contribution in [0.15, 0.2) is 18.2 Å². The molecule has 1 heterocycles. The number of benzene rings is 1. The molecule has 1 aromatic carbocycles. The zero-order valence-electron chi connectivity index (χ0n) is 10.9. The van der Waals surface area contributed by atoms with Gasteiger partial charge in [-0.1, -0.05) is 17.7 Å². The number of hydrogen-bond acceptors (Lipinski definition) is 4. The van der Waals surface area contributed by atoms with E-state index in [1.54, 1.807) is 7.11 Å². The van der Waals surface area contributed by atoms with E-state index in [-0.39, 0.29) is 17.5 Å². The summed E-state index contributed by atoms with van der Waals surface area (Å²) < 4.78 is 28.0. The Bertz CT molecular complexity index is 531. The molecule has 1 N–H and O–H groups in total. The van der Waals surface area contributed by atoms with Gasteiger partial charge in [0.25, 0.3) is 0 Å². The van der Waals surface area contributed by atoms with E-state index in [0.29, 0.717) is 24.4 Å². The van der Waals surface area contributed by atoms with Crippen LogP contribution in [0.4, 0.5) is 0 Å². The van der Waals surface area contributed by atoms with Crippen LogP contribution in [0.25, 0.3) is 0 Å². The zero-order chi connectivity index (χ0) is 13.9. The van der Waals surface area contributed by atoms with Crippen LogP contribution >= 0.6 is 11.6 Å². The Kier molecular flexibility index (Phi) is 4.71. The summed E-state index contributed by atoms with van der Waals surface area (Å²) in [6.07, 6.45) is 1.32. The Labute approximate surface area is 119 Å². The Balaban J connectivity index is 1.96. The van der Waals surface area contributed by atoms with Gasteiger partial charge >= 0.3 is 0 Å². The minimum absolute atomic E-state index is 0.226. The van der Waals surface area contributed by atoms with Crippen LogP contribution in [-0.4, -0.2) is 33.1 Å². The van der Waals surface area contributed by atoms with Crippen molar-refractivity contribution < 1.29 is 13.2 Å². The molecule has 0 aromatic heterocycles. The molecule has 0 amide bonds. The standard InChI is InChI=1S/C13H18ClNO3S/c1-18-13-4-2-3-12(14)11(13)9-15-10-5-7-19(16,17)8-6-10/h2-4,10,15H,5-9H2,1H3. The predicted molar refractivity (Wildman–Crippen MR) is 76.5 cm³/mol. The number of ether oxygens (including phenoxy) is 1. The van der Waals surface area contributed by atoms with E-state index in [1.165, 1.54) is 0 Å². The summed E-state index contributed by atoms with van der Waals surface area (Å²) in [7, 11) is -1.20. The number of halogens is 1. The number of nitrogens with one attached hydrogen (secondary N) is 1. The first-order valence-corrected chi connectivity index (χ1v) is 8.47. The third-order valence-electron chi connectivity index (χ3n) is 3.42. The maximum absolute atomic E-state index is 11.4. The highest BCUT2D eigenvalue weighted by Crippen LogP contribution is 2.26. The monoisotopic (exact) mass is 303 g/mol. The molecule has 0 atom stereocenters. The van der Waals surface area contributed by atoms with Crippen molar-refractivity contribution in [2.24, 2.45) is 0 Å². The van der Waals surface area contributed by atoms with Crippen molar-refractivity contribution in [1.82, 2.24) is 5.32 Å². The second-order valence-corrected chi connectivity index (χ2v) is 7.44. The van der Waals surface area contributed by atoms with Crippen molar-refractivity contribution >= 4 is 21.4 Å². The SMILES string of the molecule is COc1cccc(Cl)c1CNC1CCS(=O)(=O)CC1. The van der Waals surface area contributed by atoms with Crippen LogP contribution in [0.1, 0.15) is 18.4 Å². The van der Waals surface area contributed by atoms with E-state index in [9.17, 15) is 8.42 Å². The summed E-state index contributed by atoms with van der Waals surface area (Å²) >= 11 is 6.16. The molecular weight excluding hydrogens is 286 g/mol. The highest BCUT2D eigenvalue weighted by atomic mass is 35.5. The lowest BCUT2D eigenvalue weighted by Gasteiger charge is -2.23. The molecule has 2 rings (SSSR count). The molecular formula is C13H18ClNO3S. The van der Waals surface area contributed by atoms with Crippen LogP contribution in [0.2, 0.25) is 5.02 Å². The van der Waals surface area contributed by atoms with Gasteiger partial charge in [0.2, 0.25) is 0 Å². The van der Waals surface area contributed by atoms with Gasteiger partial charge in [0, 0.05) is 23.2 Å². The number of sulfone groups is 1. The van der Waals surface area contributed by atoms with E-state index in [2.05, 4.69) is 5.32 Å². The number of methoxy groups -OCH3 is 1. The lowest BCUT2D eigenvalue weighted by Crippen LogP contribution is -2.37. The van der Waals surface area contributed by atoms with Crippen molar-refractivity contribution in [2.75, 3.05) is 18.6 Å². The molecule has 4 nitrogen and oxygen atoms in total. The van der Waals surface area contributed by atoms with Gasteiger partial charge in [-0.05, 0) is 25.0 Å². The van der Waals surface area contributed by atoms with Crippen molar-refractivity contribution in [3.05, 3.63) is 28.8 Å². The van der Waals surface area contributed by atoms with Gasteiger partial charge < -0.3 is 10.1 Å². The van der Waals surface area contributed by atoms with Crippen LogP contribution in [0.3, 0.4) is 0 Å². The average Bonchev–Trinajstić information content (AvgIpc) is 2.38. The van der Waals surface area contributed by atoms with Gasteiger partial charge in [-0.15, -0.1) is 0 Å². The van der Waals surface area contributed by atoms with E-state index in [4.69, 9.17) is 16.3 Å². The first-order chi connectivity index (χ1) is 9.02. The summed E-state index contributed by atoms with van der Waals surface area (Å²) in [5.74, 6) is 1.29. The number of hydrogen-bond donors (Lipinski definition) is 1. The van der Waals surface area contributed by atoms with Crippen LogP contribution in [0, 0.1) is 0 Å². The zero-order valence-corrected chi connectivity index (χ0v) is 12.4. The van der Waals surface area contributed by atoms with E-state index < -0.39 is 9.84 Å². The third kappa shape index (κ3) is 3.84. The second-order valence-electron chi connectivity index (χ2n) is 4.73. The molecule has 1 aliphatic rings. The smallest absolute Gasteiger partial charge is 0.150 e. The molecule has 0 unspecified atom stereocenters. The minimum atomic E-state index is -2.81. The van der Waals surface area contributed by atoms with Crippen molar-refractivity contribution in [3.63, 3.8) is 0 Å². The summed E-state index contributed by atoms with van der Waals surface area (Å²) in [5.41, 5.74) is 0.917. The summed E-state index contributed by atoms with van der Waals surface area (Å²) in [4.78, 5) is 0. The maximum Gasteiger partial charge on any atom is 0.150 e. The lowest BCUT2D eigenvalue weighted by atomic mass is 10.1. The minimum Gasteiger partial charge on any atom is -0.496 e. The molecule has 0 aliphatic carbocycles. The third-order valence-corrected chi connectivity index (χ3v) is 5.49. The molecule has 1 aliphatic heterocycles. The van der Waals surface area contributed by atoms with Gasteiger partial charge in [0.15, 0.2) is 0 Å². The first-order valence-electron chi connectivity index (χ1n) is 6.27. The molecule has 0 bridgehead atoms. The van der Waals surface area contributed by atoms with Crippen molar-refractivity contribution in [2.45, 2.75) is 25.4 Å². The van der Waals surface area contributed by atoms with Crippen LogP contribution in [-0.2, 0) is 16.4 Å². The fourth-order valence-corrected chi connectivity index (χ4v) is 3.97. The maximum atomic E-state index is 11.4. The Morgan fingerprint density at radius 1 is 1.37 bits per heavy atom. The molecule has 0 saturated carbocycles. The molecule has 0 spiro atoms. The molecule has 1 fully saturated rings. The van der Waals surface area contributed by atoms with Gasteiger partial charge in [-0.25, -0.2) is 8.42 Å². The van der Waals surface area contributed by atoms with Crippen molar-refractivity contribution in [3.8, 4) is 5.75 Å². The van der Waals surface area contributed by atoms with Gasteiger partial charge in [0.05, 0.1) is 18.6 Å². The molecule has 106 valence electrons. The highest BCUT2D eigenvalue weighted by Gasteiger charge is 2.23. The van der Waals surface area contributed by atoms with Gasteiger partial charge in [-0.3, -0.25) is 0 Å². The summed E-state index contributed by atoms with van der Waals surface area (Å²) in [6, 6.07) is 5.77. The Morgan fingerprint density at radius 3 is 2.68 bits per heavy atom. The fourth-order valence-electron chi connectivity index (χ4n) is 2.24. The topological polar surface area (TPSA) is 55.4 Å². The Hall–Kier alpha value is -0.780. The fraction of sp³-hybridized carbons (Fsp3) is 0.538. The van der Waals surface area contributed by atoms with E-state index in [0.717, 1.165) is 11.3 Å². The molecule has 0 radical (unpaired) electrons. The molecule has 1 saturated heterocycles. The van der Waals surface area contributed by atoms with Gasteiger partial charge in [0.1, 0.15) is 15.6 Å². The summed E-state index contributed by atoms with van der Waals surface area (Å²) in [6.45, 7) is 0.591. The van der Waals surface area contributed by atoms with E-state index in [1.807, 2.05) is 18.2 Å². The van der Waals surface area contributed by atoms with Crippen molar-refractivity contribution in [1.29, 1.82) is 0 Å². The predicted octanol–water partition coefficient (Wildman–Crippen LogP) is 2.02. The second kappa shape index (κ2) is 6.11. The molecule has 6 heteroatoms. The Morgan fingerprint density at radius 2 is 2.05 bits per heavy atom. The molecule has 1 aromatic rings. The number of rotatable bonds is 4. The summed E-state index contributed by atoms with van der Waals surface area (Å²) in [5, 5.41) is 4.02. The normalized spacial score (nSPS) is 19.3. The highest BCUT2D eigenvalue weighted by molar-refractivity contribution is 7.91. The molecule has 19 heavy (non-hydrogen) atoms. The quantitative estimate of drug-likeness (QED) is 0.924. The van der Waals surface area contributed by atoms with Crippen LogP contribution in [0.5, 0.6) is 5.75 Å². The average molecular weight is 304 g/mol. The first kappa shape index (κ1) is 14.6. The van der Waals surface area contributed by atoms with E-state index >= 15 is 0 Å². The van der Waals surface area contributed by atoms with Crippen LogP contribution < -0.4 is 10.1 Å². The lowest BCUT2D eigenvalue weighted by molar-refractivity contribution is 0.402. The largest absolute Gasteiger partial charge is 0.496 e. The van der Waals surface area contributed by atoms with Gasteiger partial charge in [-0.2, -0.15) is 0 Å².